The van der Waals surface area contributed by atoms with Gasteiger partial charge in [0.2, 0.25) is 0 Å². The van der Waals surface area contributed by atoms with Gasteiger partial charge < -0.3 is 4.74 Å². The summed E-state index contributed by atoms with van der Waals surface area (Å²) in [6, 6.07) is 6.62. The van der Waals surface area contributed by atoms with Gasteiger partial charge in [-0.2, -0.15) is 13.2 Å². The highest BCUT2D eigenvalue weighted by Gasteiger charge is 2.33. The van der Waals surface area contributed by atoms with E-state index in [0.717, 1.165) is 12.1 Å². The molecule has 0 spiro atoms. The third-order valence-corrected chi connectivity index (χ3v) is 2.89. The number of carbonyl (C=O) groups is 1. The van der Waals surface area contributed by atoms with Crippen LogP contribution >= 0.6 is 11.6 Å². The van der Waals surface area contributed by atoms with Gasteiger partial charge >= 0.3 is 6.18 Å². The van der Waals surface area contributed by atoms with Gasteiger partial charge in [0.05, 0.1) is 10.6 Å². The van der Waals surface area contributed by atoms with E-state index < -0.39 is 23.1 Å². The van der Waals surface area contributed by atoms with Gasteiger partial charge in [-0.25, -0.2) is 4.39 Å². The molecule has 0 radical (unpaired) electrons. The average Bonchev–Trinajstić information content (AvgIpc) is 2.43. The second kappa shape index (κ2) is 5.73. The maximum absolute atomic E-state index is 13.6. The molecule has 2 aromatic rings. The molecular formula is C14H7ClF4O2. The Morgan fingerprint density at radius 2 is 1.86 bits per heavy atom. The molecular weight excluding hydrogens is 312 g/mol. The molecule has 2 nitrogen and oxygen atoms in total. The summed E-state index contributed by atoms with van der Waals surface area (Å²) < 4.78 is 57.0. The quantitative estimate of drug-likeness (QED) is 0.581. The molecule has 0 saturated heterocycles. The van der Waals surface area contributed by atoms with Gasteiger partial charge in [0.25, 0.3) is 0 Å². The Kier molecular flexibility index (Phi) is 4.18. The molecule has 0 aliphatic carbocycles. The fourth-order valence-electron chi connectivity index (χ4n) is 1.64. The Labute approximate surface area is 121 Å². The van der Waals surface area contributed by atoms with E-state index in [1.807, 2.05) is 0 Å². The Morgan fingerprint density at radius 1 is 1.14 bits per heavy atom. The molecule has 0 aliphatic rings. The molecule has 110 valence electrons. The molecule has 7 heteroatoms. The monoisotopic (exact) mass is 318 g/mol. The van der Waals surface area contributed by atoms with E-state index in [2.05, 4.69) is 0 Å². The molecule has 0 amide bonds. The maximum Gasteiger partial charge on any atom is 0.417 e. The highest BCUT2D eigenvalue weighted by molar-refractivity contribution is 6.30. The summed E-state index contributed by atoms with van der Waals surface area (Å²) in [6.07, 6.45) is -4.63. The molecule has 0 aromatic heterocycles. The summed E-state index contributed by atoms with van der Waals surface area (Å²) in [5.74, 6) is -1.45. The number of benzene rings is 2. The molecule has 0 atom stereocenters. The molecule has 21 heavy (non-hydrogen) atoms. The fourth-order valence-corrected chi connectivity index (χ4v) is 1.80. The molecule has 2 rings (SSSR count). The number of alkyl halides is 3. The summed E-state index contributed by atoms with van der Waals surface area (Å²) in [4.78, 5) is 10.6. The number of carbonyl (C=O) groups excluding carboxylic acids is 1. The Bertz CT molecular complexity index is 683. The van der Waals surface area contributed by atoms with Crippen LogP contribution in [0.3, 0.4) is 0 Å². The van der Waals surface area contributed by atoms with E-state index >= 15 is 0 Å². The Morgan fingerprint density at radius 3 is 2.48 bits per heavy atom. The molecule has 0 fully saturated rings. The second-order valence-electron chi connectivity index (χ2n) is 4.02. The largest absolute Gasteiger partial charge is 0.454 e. The molecule has 0 bridgehead atoms. The van der Waals surface area contributed by atoms with Crippen LogP contribution in [0.25, 0.3) is 0 Å². The lowest BCUT2D eigenvalue weighted by molar-refractivity contribution is -0.137. The predicted octanol–water partition coefficient (Wildman–Crippen LogP) is 5.10. The van der Waals surface area contributed by atoms with E-state index in [4.69, 9.17) is 16.3 Å². The lowest BCUT2D eigenvalue weighted by Gasteiger charge is -2.12. The number of hydrogen-bond acceptors (Lipinski definition) is 2. The highest BCUT2D eigenvalue weighted by Crippen LogP contribution is 2.36. The predicted molar refractivity (Wildman–Crippen MR) is 68.3 cm³/mol. The van der Waals surface area contributed by atoms with Crippen molar-refractivity contribution in [2.45, 2.75) is 6.18 Å². The van der Waals surface area contributed by atoms with Gasteiger partial charge in [-0.05, 0) is 30.3 Å². The SMILES string of the molecule is O=Cc1ccc(Oc2cccc(Cl)c2F)cc1C(F)(F)F. The van der Waals surface area contributed by atoms with Crippen LogP contribution in [0, 0.1) is 5.82 Å². The topological polar surface area (TPSA) is 26.3 Å². The number of ether oxygens (including phenoxy) is 1. The fraction of sp³-hybridized carbons (Fsp3) is 0.0714. The summed E-state index contributed by atoms with van der Waals surface area (Å²) in [5.41, 5.74) is -1.68. The van der Waals surface area contributed by atoms with Crippen molar-refractivity contribution >= 4 is 17.9 Å². The van der Waals surface area contributed by atoms with Gasteiger partial charge in [-0.15, -0.1) is 0 Å². The molecule has 0 heterocycles. The molecule has 0 N–H and O–H groups in total. The smallest absolute Gasteiger partial charge is 0.417 e. The van der Waals surface area contributed by atoms with Crippen molar-refractivity contribution in [3.05, 3.63) is 58.4 Å². The van der Waals surface area contributed by atoms with Gasteiger partial charge in [0.15, 0.2) is 17.9 Å². The first-order valence-electron chi connectivity index (χ1n) is 5.61. The van der Waals surface area contributed by atoms with Crippen molar-refractivity contribution in [1.82, 2.24) is 0 Å². The normalized spacial score (nSPS) is 11.3. The lowest BCUT2D eigenvalue weighted by atomic mass is 10.1. The van der Waals surface area contributed by atoms with Crippen LogP contribution in [0.2, 0.25) is 5.02 Å². The summed E-state index contributed by atoms with van der Waals surface area (Å²) in [5, 5.41) is -0.215. The number of aldehydes is 1. The zero-order chi connectivity index (χ0) is 15.6. The van der Waals surface area contributed by atoms with Gasteiger partial charge in [-0.3, -0.25) is 4.79 Å². The van der Waals surface area contributed by atoms with Crippen LogP contribution in [0.4, 0.5) is 17.6 Å². The summed E-state index contributed by atoms with van der Waals surface area (Å²) >= 11 is 5.55. The molecule has 0 unspecified atom stereocenters. The van der Waals surface area contributed by atoms with E-state index in [-0.39, 0.29) is 22.8 Å². The summed E-state index contributed by atoms with van der Waals surface area (Å²) in [7, 11) is 0. The van der Waals surface area contributed by atoms with Crippen LogP contribution in [0.1, 0.15) is 15.9 Å². The minimum absolute atomic E-state index is 0.0899. The first kappa shape index (κ1) is 15.3. The van der Waals surface area contributed by atoms with Crippen LogP contribution in [0.5, 0.6) is 11.5 Å². The van der Waals surface area contributed by atoms with E-state index in [0.29, 0.717) is 6.07 Å². The van der Waals surface area contributed by atoms with Crippen molar-refractivity contribution in [2.24, 2.45) is 0 Å². The molecule has 2 aromatic carbocycles. The Balaban J connectivity index is 2.42. The average molecular weight is 319 g/mol. The van der Waals surface area contributed by atoms with E-state index in [9.17, 15) is 22.4 Å². The molecule has 0 saturated carbocycles. The van der Waals surface area contributed by atoms with Crippen molar-refractivity contribution in [3.63, 3.8) is 0 Å². The van der Waals surface area contributed by atoms with Gasteiger partial charge in [0.1, 0.15) is 5.75 Å². The number of rotatable bonds is 3. The Hall–Kier alpha value is -2.08. The number of hydrogen-bond donors (Lipinski definition) is 0. The van der Waals surface area contributed by atoms with Crippen molar-refractivity contribution in [3.8, 4) is 11.5 Å². The summed E-state index contributed by atoms with van der Waals surface area (Å²) in [6.45, 7) is 0. The van der Waals surface area contributed by atoms with Crippen LogP contribution in [-0.4, -0.2) is 6.29 Å². The second-order valence-corrected chi connectivity index (χ2v) is 4.43. The van der Waals surface area contributed by atoms with Gasteiger partial charge in [0, 0.05) is 5.56 Å². The van der Waals surface area contributed by atoms with E-state index in [1.165, 1.54) is 18.2 Å². The standard InChI is InChI=1S/C14H7ClF4O2/c15-11-2-1-3-12(13(11)16)21-9-5-4-8(7-20)10(6-9)14(17,18)19/h1-7H. The third-order valence-electron chi connectivity index (χ3n) is 2.60. The van der Waals surface area contributed by atoms with Crippen LogP contribution in [-0.2, 0) is 6.18 Å². The van der Waals surface area contributed by atoms with Crippen molar-refractivity contribution < 1.29 is 27.1 Å². The lowest BCUT2D eigenvalue weighted by Crippen LogP contribution is -2.09. The minimum Gasteiger partial charge on any atom is -0.454 e. The highest BCUT2D eigenvalue weighted by atomic mass is 35.5. The number of halogens is 5. The zero-order valence-electron chi connectivity index (χ0n) is 10.2. The van der Waals surface area contributed by atoms with Crippen molar-refractivity contribution in [2.75, 3.05) is 0 Å². The zero-order valence-corrected chi connectivity index (χ0v) is 11.0. The first-order chi connectivity index (χ1) is 9.82. The maximum atomic E-state index is 13.6. The van der Waals surface area contributed by atoms with E-state index in [1.54, 1.807) is 0 Å². The third kappa shape index (κ3) is 3.33. The molecule has 0 aliphatic heterocycles. The minimum atomic E-state index is -4.72. The van der Waals surface area contributed by atoms with Crippen LogP contribution < -0.4 is 4.74 Å². The van der Waals surface area contributed by atoms with Gasteiger partial charge in [-0.1, -0.05) is 17.7 Å². The van der Waals surface area contributed by atoms with Crippen LogP contribution in [0.15, 0.2) is 36.4 Å². The first-order valence-corrected chi connectivity index (χ1v) is 5.99. The van der Waals surface area contributed by atoms with Crippen molar-refractivity contribution in [1.29, 1.82) is 0 Å².